The molecular formula is C13H10F2N2O3S. The minimum absolute atomic E-state index is 0.0446. The van der Waals surface area contributed by atoms with Crippen molar-refractivity contribution in [3.8, 4) is 0 Å². The van der Waals surface area contributed by atoms with E-state index in [9.17, 15) is 22.0 Å². The van der Waals surface area contributed by atoms with E-state index in [-0.39, 0.29) is 10.5 Å². The standard InChI is InChI=1S/C13H10F2N2O3S/c14-10-4-6-12(7-5-10)21(19,20)17-16-13(18)9-2-1-3-11(15)8-9/h1-8,17H,(H,16,18). The third-order valence-corrected chi connectivity index (χ3v) is 3.77. The number of carbonyl (C=O) groups is 1. The highest BCUT2D eigenvalue weighted by atomic mass is 32.2. The summed E-state index contributed by atoms with van der Waals surface area (Å²) >= 11 is 0. The highest BCUT2D eigenvalue weighted by Crippen LogP contribution is 2.09. The smallest absolute Gasteiger partial charge is 0.266 e. The second kappa shape index (κ2) is 5.98. The van der Waals surface area contributed by atoms with Crippen LogP contribution in [0, 0.1) is 11.6 Å². The third-order valence-electron chi connectivity index (χ3n) is 2.51. The SMILES string of the molecule is O=C(NNS(=O)(=O)c1ccc(F)cc1)c1cccc(F)c1. The second-order valence-corrected chi connectivity index (χ2v) is 5.71. The summed E-state index contributed by atoms with van der Waals surface area (Å²) in [6.45, 7) is 0. The molecule has 2 aromatic rings. The van der Waals surface area contributed by atoms with Gasteiger partial charge >= 0.3 is 0 Å². The lowest BCUT2D eigenvalue weighted by molar-refractivity contribution is 0.0944. The summed E-state index contributed by atoms with van der Waals surface area (Å²) in [5.74, 6) is -2.03. The molecule has 8 heteroatoms. The summed E-state index contributed by atoms with van der Waals surface area (Å²) in [5, 5.41) is 0. The molecule has 0 aliphatic rings. The van der Waals surface area contributed by atoms with Crippen molar-refractivity contribution in [1.29, 1.82) is 0 Å². The number of amides is 1. The summed E-state index contributed by atoms with van der Waals surface area (Å²) in [7, 11) is -4.03. The van der Waals surface area contributed by atoms with Gasteiger partial charge in [-0.25, -0.2) is 17.2 Å². The molecule has 0 aliphatic heterocycles. The molecule has 0 aliphatic carbocycles. The molecule has 0 fully saturated rings. The Balaban J connectivity index is 2.08. The van der Waals surface area contributed by atoms with E-state index in [4.69, 9.17) is 0 Å². The Morgan fingerprint density at radius 2 is 1.62 bits per heavy atom. The molecule has 0 saturated carbocycles. The number of carbonyl (C=O) groups excluding carboxylic acids is 1. The first-order chi connectivity index (χ1) is 9.88. The van der Waals surface area contributed by atoms with E-state index in [1.54, 1.807) is 0 Å². The minimum atomic E-state index is -4.03. The van der Waals surface area contributed by atoms with Crippen molar-refractivity contribution in [1.82, 2.24) is 10.3 Å². The highest BCUT2D eigenvalue weighted by Gasteiger charge is 2.15. The molecule has 0 heterocycles. The van der Waals surface area contributed by atoms with Crippen molar-refractivity contribution in [3.05, 3.63) is 65.7 Å². The van der Waals surface area contributed by atoms with Crippen molar-refractivity contribution in [2.45, 2.75) is 4.90 Å². The van der Waals surface area contributed by atoms with Gasteiger partial charge in [-0.15, -0.1) is 4.83 Å². The molecule has 1 amide bonds. The van der Waals surface area contributed by atoms with Gasteiger partial charge in [0, 0.05) is 5.56 Å². The van der Waals surface area contributed by atoms with Crippen LogP contribution in [0.2, 0.25) is 0 Å². The van der Waals surface area contributed by atoms with Gasteiger partial charge in [-0.05, 0) is 42.5 Å². The summed E-state index contributed by atoms with van der Waals surface area (Å²) in [6, 6.07) is 8.80. The lowest BCUT2D eigenvalue weighted by Gasteiger charge is -2.08. The number of hydrogen-bond donors (Lipinski definition) is 2. The lowest BCUT2D eigenvalue weighted by atomic mass is 10.2. The van der Waals surface area contributed by atoms with Gasteiger partial charge in [-0.2, -0.15) is 0 Å². The van der Waals surface area contributed by atoms with Crippen molar-refractivity contribution in [2.75, 3.05) is 0 Å². The maximum Gasteiger partial charge on any atom is 0.266 e. The van der Waals surface area contributed by atoms with Gasteiger partial charge < -0.3 is 0 Å². The molecule has 2 rings (SSSR count). The first-order valence-corrected chi connectivity index (χ1v) is 7.20. The Morgan fingerprint density at radius 1 is 0.952 bits per heavy atom. The zero-order valence-corrected chi connectivity index (χ0v) is 11.3. The van der Waals surface area contributed by atoms with Gasteiger partial charge in [0.1, 0.15) is 11.6 Å². The van der Waals surface area contributed by atoms with Gasteiger partial charge in [0.15, 0.2) is 0 Å². The number of hydrogen-bond acceptors (Lipinski definition) is 3. The van der Waals surface area contributed by atoms with Crippen LogP contribution in [0.1, 0.15) is 10.4 Å². The monoisotopic (exact) mass is 312 g/mol. The molecule has 0 aromatic heterocycles. The molecule has 5 nitrogen and oxygen atoms in total. The van der Waals surface area contributed by atoms with Gasteiger partial charge in [0.05, 0.1) is 4.90 Å². The van der Waals surface area contributed by atoms with E-state index in [0.29, 0.717) is 0 Å². The Hall–Kier alpha value is -2.32. The van der Waals surface area contributed by atoms with Gasteiger partial charge in [0.2, 0.25) is 0 Å². The molecule has 110 valence electrons. The predicted molar refractivity (Wildman–Crippen MR) is 70.6 cm³/mol. The maximum atomic E-state index is 13.0. The second-order valence-electron chi connectivity index (χ2n) is 4.02. The fourth-order valence-corrected chi connectivity index (χ4v) is 2.33. The molecule has 0 radical (unpaired) electrons. The molecule has 0 bridgehead atoms. The van der Waals surface area contributed by atoms with Crippen LogP contribution in [-0.2, 0) is 10.0 Å². The topological polar surface area (TPSA) is 75.3 Å². The quantitative estimate of drug-likeness (QED) is 0.842. The largest absolute Gasteiger partial charge is 0.273 e. The van der Waals surface area contributed by atoms with Crippen molar-refractivity contribution >= 4 is 15.9 Å². The van der Waals surface area contributed by atoms with Gasteiger partial charge in [0.25, 0.3) is 15.9 Å². The van der Waals surface area contributed by atoms with Crippen LogP contribution in [0.4, 0.5) is 8.78 Å². The van der Waals surface area contributed by atoms with E-state index in [1.807, 2.05) is 10.3 Å². The number of rotatable bonds is 4. The van der Waals surface area contributed by atoms with Crippen LogP contribution in [0.25, 0.3) is 0 Å². The van der Waals surface area contributed by atoms with Crippen molar-refractivity contribution in [3.63, 3.8) is 0 Å². The highest BCUT2D eigenvalue weighted by molar-refractivity contribution is 7.89. The van der Waals surface area contributed by atoms with Crippen LogP contribution in [0.5, 0.6) is 0 Å². The molecular weight excluding hydrogens is 302 g/mol. The Labute approximate surface area is 119 Å². The number of sulfonamides is 1. The van der Waals surface area contributed by atoms with E-state index >= 15 is 0 Å². The molecule has 0 unspecified atom stereocenters. The fourth-order valence-electron chi connectivity index (χ4n) is 1.49. The summed E-state index contributed by atoms with van der Waals surface area (Å²) in [5.41, 5.74) is 1.90. The zero-order valence-electron chi connectivity index (χ0n) is 10.5. The Morgan fingerprint density at radius 3 is 2.24 bits per heavy atom. The third kappa shape index (κ3) is 3.83. The normalized spacial score (nSPS) is 11.1. The number of hydrazine groups is 1. The predicted octanol–water partition coefficient (Wildman–Crippen LogP) is 1.59. The van der Waals surface area contributed by atoms with Crippen LogP contribution >= 0.6 is 0 Å². The number of halogens is 2. The van der Waals surface area contributed by atoms with E-state index in [0.717, 1.165) is 36.4 Å². The fraction of sp³-hybridized carbons (Fsp3) is 0. The summed E-state index contributed by atoms with van der Waals surface area (Å²) < 4.78 is 49.3. The number of benzene rings is 2. The summed E-state index contributed by atoms with van der Waals surface area (Å²) in [6.07, 6.45) is 0. The van der Waals surface area contributed by atoms with E-state index in [2.05, 4.69) is 0 Å². The molecule has 0 spiro atoms. The van der Waals surface area contributed by atoms with Gasteiger partial charge in [-0.3, -0.25) is 10.2 Å². The van der Waals surface area contributed by atoms with Crippen LogP contribution in [0.15, 0.2) is 53.4 Å². The van der Waals surface area contributed by atoms with Gasteiger partial charge in [-0.1, -0.05) is 6.07 Å². The zero-order chi connectivity index (χ0) is 15.5. The van der Waals surface area contributed by atoms with E-state index < -0.39 is 27.6 Å². The maximum absolute atomic E-state index is 13.0. The first-order valence-electron chi connectivity index (χ1n) is 5.72. The Bertz CT molecular complexity index is 761. The molecule has 2 N–H and O–H groups in total. The average molecular weight is 312 g/mol. The number of nitrogens with one attached hydrogen (secondary N) is 2. The summed E-state index contributed by atoms with van der Waals surface area (Å²) in [4.78, 5) is 13.3. The minimum Gasteiger partial charge on any atom is -0.273 e. The van der Waals surface area contributed by atoms with Crippen LogP contribution in [-0.4, -0.2) is 14.3 Å². The lowest BCUT2D eigenvalue weighted by Crippen LogP contribution is -2.41. The first kappa shape index (κ1) is 15.1. The van der Waals surface area contributed by atoms with Crippen molar-refractivity contribution in [2.24, 2.45) is 0 Å². The van der Waals surface area contributed by atoms with Crippen LogP contribution < -0.4 is 10.3 Å². The van der Waals surface area contributed by atoms with E-state index in [1.165, 1.54) is 12.1 Å². The molecule has 2 aromatic carbocycles. The molecule has 0 saturated heterocycles. The Kier molecular flexibility index (Phi) is 4.29. The molecule has 0 atom stereocenters. The van der Waals surface area contributed by atoms with Crippen molar-refractivity contribution < 1.29 is 22.0 Å². The molecule has 21 heavy (non-hydrogen) atoms. The van der Waals surface area contributed by atoms with Crippen LogP contribution in [0.3, 0.4) is 0 Å². The average Bonchev–Trinajstić information content (AvgIpc) is 2.45.